The Balaban J connectivity index is 1.36. The van der Waals surface area contributed by atoms with Gasteiger partial charge in [0.1, 0.15) is 11.5 Å². The van der Waals surface area contributed by atoms with Crippen molar-refractivity contribution in [1.29, 1.82) is 0 Å². The van der Waals surface area contributed by atoms with E-state index in [0.717, 1.165) is 59.0 Å². The lowest BCUT2D eigenvalue weighted by Gasteiger charge is -2.20. The van der Waals surface area contributed by atoms with Crippen molar-refractivity contribution in [3.8, 4) is 11.5 Å². The third-order valence-corrected chi connectivity index (χ3v) is 9.30. The van der Waals surface area contributed by atoms with E-state index in [0.29, 0.717) is 0 Å². The summed E-state index contributed by atoms with van der Waals surface area (Å²) in [6.07, 6.45) is 5.39. The van der Waals surface area contributed by atoms with Gasteiger partial charge in [-0.25, -0.2) is 0 Å². The molecule has 3 heteroatoms. The molecule has 0 atom stereocenters. The zero-order valence-electron chi connectivity index (χ0n) is 25.3. The summed E-state index contributed by atoms with van der Waals surface area (Å²) in [5.74, 6) is 1.78. The molecule has 0 N–H and O–H groups in total. The van der Waals surface area contributed by atoms with Crippen molar-refractivity contribution in [3.05, 3.63) is 199 Å². The summed E-state index contributed by atoms with van der Waals surface area (Å²) in [4.78, 5) is 0. The molecule has 0 aliphatic rings. The molecule has 0 aliphatic carbocycles. The number of halogens is 2. The van der Waals surface area contributed by atoms with Gasteiger partial charge in [-0.15, -0.1) is 0 Å². The van der Waals surface area contributed by atoms with E-state index in [9.17, 15) is 0 Å². The molecule has 6 aromatic rings. The number of aryl methyl sites for hydroxylation is 4. The van der Waals surface area contributed by atoms with Crippen LogP contribution >= 0.6 is 31.9 Å². The summed E-state index contributed by atoms with van der Waals surface area (Å²) in [5.41, 5.74) is 10.2. The zero-order chi connectivity index (χ0) is 30.8. The third-order valence-electron chi connectivity index (χ3n) is 8.12. The maximum Gasteiger partial charge on any atom is 0.144 e. The van der Waals surface area contributed by atoms with Crippen LogP contribution in [0.15, 0.2) is 155 Å². The highest BCUT2D eigenvalue weighted by molar-refractivity contribution is 9.11. The normalized spacial score (nSPS) is 11.0. The summed E-state index contributed by atoms with van der Waals surface area (Å²) < 4.78 is 8.96. The van der Waals surface area contributed by atoms with Gasteiger partial charge in [0.25, 0.3) is 0 Å². The van der Waals surface area contributed by atoms with Crippen molar-refractivity contribution in [2.75, 3.05) is 0 Å². The lowest BCUT2D eigenvalue weighted by atomic mass is 9.97. The van der Waals surface area contributed by atoms with Crippen molar-refractivity contribution in [2.45, 2.75) is 38.5 Å². The van der Waals surface area contributed by atoms with E-state index in [2.05, 4.69) is 177 Å². The van der Waals surface area contributed by atoms with E-state index in [-0.39, 0.29) is 0 Å². The molecule has 0 heterocycles. The lowest BCUT2D eigenvalue weighted by Crippen LogP contribution is -2.03. The predicted octanol–water partition coefficient (Wildman–Crippen LogP) is 11.8. The summed E-state index contributed by atoms with van der Waals surface area (Å²) >= 11 is 7.88. The molecule has 0 bridgehead atoms. The summed E-state index contributed by atoms with van der Waals surface area (Å²) in [7, 11) is 0. The van der Waals surface area contributed by atoms with Crippen molar-refractivity contribution in [3.63, 3.8) is 0 Å². The van der Waals surface area contributed by atoms with E-state index in [1.165, 1.54) is 44.5 Å². The van der Waals surface area contributed by atoms with Crippen molar-refractivity contribution in [1.82, 2.24) is 0 Å². The van der Waals surface area contributed by atoms with E-state index in [4.69, 9.17) is 4.74 Å². The zero-order valence-corrected chi connectivity index (χ0v) is 28.4. The smallest absolute Gasteiger partial charge is 0.144 e. The Hall–Kier alpha value is -3.92. The van der Waals surface area contributed by atoms with Crippen LogP contribution in [-0.2, 0) is 38.5 Å². The SMILES string of the molecule is Brc1cc(Cc2ccccc2)cc(CCc2ccccc2)c1Oc1c(Br)cc(Cc2ccccc2)cc1CCc1ccccc1. The maximum atomic E-state index is 7.00. The number of hydrogen-bond donors (Lipinski definition) is 0. The first-order valence-corrected chi connectivity index (χ1v) is 17.2. The van der Waals surface area contributed by atoms with Gasteiger partial charge in [-0.2, -0.15) is 0 Å². The van der Waals surface area contributed by atoms with Gasteiger partial charge in [0.05, 0.1) is 8.95 Å². The molecule has 0 spiro atoms. The Morgan fingerprint density at radius 1 is 0.356 bits per heavy atom. The van der Waals surface area contributed by atoms with Crippen LogP contribution in [0.4, 0.5) is 0 Å². The van der Waals surface area contributed by atoms with Gasteiger partial charge in [-0.05, 0) is 127 Å². The largest absolute Gasteiger partial charge is 0.454 e. The van der Waals surface area contributed by atoms with E-state index < -0.39 is 0 Å². The maximum absolute atomic E-state index is 7.00. The Morgan fingerprint density at radius 2 is 0.689 bits per heavy atom. The van der Waals surface area contributed by atoms with Gasteiger partial charge >= 0.3 is 0 Å². The van der Waals surface area contributed by atoms with Crippen molar-refractivity contribution >= 4 is 31.9 Å². The topological polar surface area (TPSA) is 9.23 Å². The molecule has 6 rings (SSSR count). The number of hydrogen-bond acceptors (Lipinski definition) is 1. The van der Waals surface area contributed by atoms with Gasteiger partial charge in [0.15, 0.2) is 0 Å². The van der Waals surface area contributed by atoms with Gasteiger partial charge in [-0.3, -0.25) is 0 Å². The van der Waals surface area contributed by atoms with Crippen LogP contribution in [0, 0.1) is 0 Å². The molecule has 0 amide bonds. The molecular formula is C42H36Br2O. The summed E-state index contributed by atoms with van der Waals surface area (Å²) in [6, 6.07) is 51.8. The van der Waals surface area contributed by atoms with Crippen LogP contribution in [0.2, 0.25) is 0 Å². The Kier molecular flexibility index (Phi) is 10.6. The second-order valence-electron chi connectivity index (χ2n) is 11.5. The second-order valence-corrected chi connectivity index (χ2v) is 13.2. The standard InChI is InChI=1S/C42H36Br2O/c43-39-29-35(25-33-17-9-3-10-18-33)27-37(23-21-31-13-5-1-6-14-31)41(39)45-42-38(24-22-32-15-7-2-8-16-32)28-36(30-40(42)44)26-34-19-11-4-12-20-34/h1-20,27-30H,21-26H2. The highest BCUT2D eigenvalue weighted by atomic mass is 79.9. The Labute approximate surface area is 284 Å². The van der Waals surface area contributed by atoms with Crippen LogP contribution < -0.4 is 4.74 Å². The molecule has 45 heavy (non-hydrogen) atoms. The summed E-state index contributed by atoms with van der Waals surface area (Å²) in [5, 5.41) is 0. The minimum atomic E-state index is 0.873. The van der Waals surface area contributed by atoms with Crippen LogP contribution in [0.3, 0.4) is 0 Å². The second kappa shape index (κ2) is 15.4. The quantitative estimate of drug-likeness (QED) is 0.123. The van der Waals surface area contributed by atoms with Crippen LogP contribution in [0.1, 0.15) is 44.5 Å². The van der Waals surface area contributed by atoms with Crippen LogP contribution in [-0.4, -0.2) is 0 Å². The lowest BCUT2D eigenvalue weighted by molar-refractivity contribution is 0.463. The van der Waals surface area contributed by atoms with Crippen molar-refractivity contribution in [2.24, 2.45) is 0 Å². The van der Waals surface area contributed by atoms with Gasteiger partial charge in [0.2, 0.25) is 0 Å². The molecule has 1 nitrogen and oxygen atoms in total. The molecule has 6 aromatic carbocycles. The first-order valence-electron chi connectivity index (χ1n) is 15.6. The molecule has 0 aromatic heterocycles. The minimum Gasteiger partial charge on any atom is -0.454 e. The first-order chi connectivity index (χ1) is 22.1. The number of ether oxygens (including phenoxy) is 1. The Bertz CT molecular complexity index is 1680. The van der Waals surface area contributed by atoms with E-state index >= 15 is 0 Å². The Morgan fingerprint density at radius 3 is 1.04 bits per heavy atom. The number of benzene rings is 6. The van der Waals surface area contributed by atoms with Crippen molar-refractivity contribution < 1.29 is 4.74 Å². The van der Waals surface area contributed by atoms with Gasteiger partial charge < -0.3 is 4.74 Å². The highest BCUT2D eigenvalue weighted by Gasteiger charge is 2.18. The minimum absolute atomic E-state index is 0.873. The van der Waals surface area contributed by atoms with Gasteiger partial charge in [-0.1, -0.05) is 133 Å². The fourth-order valence-corrected chi connectivity index (χ4v) is 7.10. The third kappa shape index (κ3) is 8.63. The average molecular weight is 717 g/mol. The average Bonchev–Trinajstić information content (AvgIpc) is 3.07. The fraction of sp³-hybridized carbons (Fsp3) is 0.143. The first kappa shape index (κ1) is 31.1. The molecule has 0 radical (unpaired) electrons. The fourth-order valence-electron chi connectivity index (χ4n) is 5.84. The molecular weight excluding hydrogens is 680 g/mol. The molecule has 0 unspecified atom stereocenters. The number of rotatable bonds is 12. The molecule has 224 valence electrons. The predicted molar refractivity (Wildman–Crippen MR) is 195 cm³/mol. The monoisotopic (exact) mass is 714 g/mol. The van der Waals surface area contributed by atoms with E-state index in [1.807, 2.05) is 0 Å². The molecule has 0 saturated heterocycles. The van der Waals surface area contributed by atoms with E-state index in [1.54, 1.807) is 0 Å². The molecule has 0 fully saturated rings. The summed E-state index contributed by atoms with van der Waals surface area (Å²) in [6.45, 7) is 0. The van der Waals surface area contributed by atoms with Crippen LogP contribution in [0.25, 0.3) is 0 Å². The van der Waals surface area contributed by atoms with Crippen LogP contribution in [0.5, 0.6) is 11.5 Å². The highest BCUT2D eigenvalue weighted by Crippen LogP contribution is 2.41. The van der Waals surface area contributed by atoms with Gasteiger partial charge in [0, 0.05) is 0 Å². The molecule has 0 aliphatic heterocycles. The molecule has 0 saturated carbocycles.